The van der Waals surface area contributed by atoms with Crippen LogP contribution in [0.25, 0.3) is 0 Å². The number of carbonyl (C=O) groups is 3. The number of benzene rings is 1. The molecular formula is C32H47NO8. The third-order valence-electron chi connectivity index (χ3n) is 7.18. The van der Waals surface area contributed by atoms with Crippen molar-refractivity contribution in [3.8, 4) is 11.5 Å². The molecule has 1 fully saturated rings. The van der Waals surface area contributed by atoms with Crippen molar-refractivity contribution < 1.29 is 39.2 Å². The summed E-state index contributed by atoms with van der Waals surface area (Å²) < 4.78 is 10.2. The first-order chi connectivity index (χ1) is 19.6. The van der Waals surface area contributed by atoms with Gasteiger partial charge in [0.05, 0.1) is 18.3 Å². The van der Waals surface area contributed by atoms with Gasteiger partial charge in [0, 0.05) is 39.2 Å². The highest BCUT2D eigenvalue weighted by Crippen LogP contribution is 2.36. The highest BCUT2D eigenvalue weighted by molar-refractivity contribution is 5.76. The van der Waals surface area contributed by atoms with E-state index < -0.39 is 30.3 Å². The van der Waals surface area contributed by atoms with Crippen LogP contribution < -0.4 is 14.8 Å². The molecule has 4 N–H and O–H groups in total. The first kappa shape index (κ1) is 34.2. The molecule has 1 saturated carbocycles. The number of aliphatic hydroxyl groups is 3. The monoisotopic (exact) mass is 573 g/mol. The van der Waals surface area contributed by atoms with Crippen molar-refractivity contribution in [2.75, 3.05) is 6.54 Å². The molecule has 9 nitrogen and oxygen atoms in total. The summed E-state index contributed by atoms with van der Waals surface area (Å²) in [6.45, 7) is 5.06. The van der Waals surface area contributed by atoms with Crippen LogP contribution in [-0.4, -0.2) is 58.0 Å². The standard InChI is InChI=1S/C32H47NO8/c1-4-5-8-11-25(36)15-16-27-26(28(37)21-29(27)38)12-9-6-7-10-13-32(39)33-19-18-24-14-17-30(40-22(2)34)31(20-24)41-23(3)35/h6,9,14-17,20,25-29,36-38H,4-5,7-8,10-13,18-19,21H2,1-3H3,(H,33,39)/t25?,26-,27-,28+,29-/m1/s1. The molecular weight excluding hydrogens is 526 g/mol. The summed E-state index contributed by atoms with van der Waals surface area (Å²) in [7, 11) is 0. The van der Waals surface area contributed by atoms with Crippen molar-refractivity contribution in [3.05, 3.63) is 48.1 Å². The Bertz CT molecular complexity index is 1040. The number of aliphatic hydroxyl groups excluding tert-OH is 3. The van der Waals surface area contributed by atoms with E-state index in [0.29, 0.717) is 45.1 Å². The molecule has 1 aliphatic carbocycles. The van der Waals surface area contributed by atoms with Crippen molar-refractivity contribution in [3.63, 3.8) is 0 Å². The van der Waals surface area contributed by atoms with Gasteiger partial charge in [-0.2, -0.15) is 0 Å². The normalized spacial score (nSPS) is 21.3. The second-order valence-electron chi connectivity index (χ2n) is 10.7. The minimum atomic E-state index is -0.619. The second-order valence-corrected chi connectivity index (χ2v) is 10.7. The van der Waals surface area contributed by atoms with E-state index in [-0.39, 0.29) is 29.2 Å². The third kappa shape index (κ3) is 13.0. The topological polar surface area (TPSA) is 142 Å². The summed E-state index contributed by atoms with van der Waals surface area (Å²) in [5, 5.41) is 33.9. The second kappa shape index (κ2) is 18.4. The van der Waals surface area contributed by atoms with Gasteiger partial charge in [-0.1, -0.05) is 56.6 Å². The summed E-state index contributed by atoms with van der Waals surface area (Å²) in [5.74, 6) is -1.08. The van der Waals surface area contributed by atoms with Gasteiger partial charge in [-0.05, 0) is 55.7 Å². The van der Waals surface area contributed by atoms with Crippen molar-refractivity contribution in [1.82, 2.24) is 5.32 Å². The van der Waals surface area contributed by atoms with Gasteiger partial charge in [0.15, 0.2) is 11.5 Å². The number of ether oxygens (including phenoxy) is 2. The van der Waals surface area contributed by atoms with E-state index in [4.69, 9.17) is 9.47 Å². The minimum Gasteiger partial charge on any atom is -0.423 e. The first-order valence-electron chi connectivity index (χ1n) is 14.7. The Balaban J connectivity index is 1.71. The Morgan fingerprint density at radius 1 is 1.02 bits per heavy atom. The molecule has 2 rings (SSSR count). The zero-order valence-electron chi connectivity index (χ0n) is 24.6. The summed E-state index contributed by atoms with van der Waals surface area (Å²) in [6.07, 6.45) is 13.0. The van der Waals surface area contributed by atoms with E-state index in [1.165, 1.54) is 13.8 Å². The van der Waals surface area contributed by atoms with E-state index in [1.807, 2.05) is 18.2 Å². The highest BCUT2D eigenvalue weighted by Gasteiger charge is 2.39. The molecule has 228 valence electrons. The fraction of sp³-hybridized carbons (Fsp3) is 0.594. The van der Waals surface area contributed by atoms with Gasteiger partial charge in [-0.25, -0.2) is 0 Å². The van der Waals surface area contributed by atoms with E-state index >= 15 is 0 Å². The molecule has 1 aromatic carbocycles. The van der Waals surface area contributed by atoms with Crippen LogP contribution in [0.4, 0.5) is 0 Å². The van der Waals surface area contributed by atoms with E-state index in [0.717, 1.165) is 31.2 Å². The predicted molar refractivity (Wildman–Crippen MR) is 156 cm³/mol. The Labute approximate surface area is 243 Å². The summed E-state index contributed by atoms with van der Waals surface area (Å²) >= 11 is 0. The van der Waals surface area contributed by atoms with Gasteiger partial charge in [-0.15, -0.1) is 0 Å². The van der Waals surface area contributed by atoms with Gasteiger partial charge < -0.3 is 30.1 Å². The number of hydrogen-bond acceptors (Lipinski definition) is 8. The lowest BCUT2D eigenvalue weighted by Crippen LogP contribution is -2.25. The number of hydrogen-bond donors (Lipinski definition) is 4. The number of esters is 2. The van der Waals surface area contributed by atoms with Gasteiger partial charge in [-0.3, -0.25) is 14.4 Å². The van der Waals surface area contributed by atoms with Crippen molar-refractivity contribution in [2.45, 2.75) is 103 Å². The molecule has 0 spiro atoms. The Kier molecular flexibility index (Phi) is 15.4. The lowest BCUT2D eigenvalue weighted by Gasteiger charge is -2.19. The van der Waals surface area contributed by atoms with Gasteiger partial charge in [0.1, 0.15) is 0 Å². The molecule has 1 aliphatic rings. The molecule has 1 aromatic rings. The van der Waals surface area contributed by atoms with Crippen LogP contribution in [0.15, 0.2) is 42.5 Å². The van der Waals surface area contributed by atoms with Crippen LogP contribution in [0.2, 0.25) is 0 Å². The maximum Gasteiger partial charge on any atom is 0.308 e. The number of amides is 1. The number of unbranched alkanes of at least 4 members (excludes halogenated alkanes) is 3. The van der Waals surface area contributed by atoms with E-state index in [1.54, 1.807) is 24.3 Å². The summed E-state index contributed by atoms with van der Waals surface area (Å²) in [5.41, 5.74) is 0.818. The quantitative estimate of drug-likeness (QED) is 0.0942. The number of carbonyl (C=O) groups excluding carboxylic acids is 3. The predicted octanol–water partition coefficient (Wildman–Crippen LogP) is 4.17. The fourth-order valence-corrected chi connectivity index (χ4v) is 5.03. The molecule has 1 amide bonds. The zero-order valence-corrected chi connectivity index (χ0v) is 24.6. The number of rotatable bonds is 17. The van der Waals surface area contributed by atoms with Crippen LogP contribution in [0, 0.1) is 11.8 Å². The smallest absolute Gasteiger partial charge is 0.308 e. The molecule has 0 radical (unpaired) electrons. The third-order valence-corrected chi connectivity index (χ3v) is 7.18. The summed E-state index contributed by atoms with van der Waals surface area (Å²) in [4.78, 5) is 34.9. The molecule has 9 heteroatoms. The lowest BCUT2D eigenvalue weighted by molar-refractivity contribution is -0.134. The van der Waals surface area contributed by atoms with E-state index in [2.05, 4.69) is 12.2 Å². The fourth-order valence-electron chi connectivity index (χ4n) is 5.03. The molecule has 1 unspecified atom stereocenters. The molecule has 0 aliphatic heterocycles. The minimum absolute atomic E-state index is 0.0628. The molecule has 0 aromatic heterocycles. The average Bonchev–Trinajstić information content (AvgIpc) is 3.17. The van der Waals surface area contributed by atoms with Crippen molar-refractivity contribution in [2.24, 2.45) is 11.8 Å². The van der Waals surface area contributed by atoms with Gasteiger partial charge >= 0.3 is 11.9 Å². The maximum absolute atomic E-state index is 12.2. The van der Waals surface area contributed by atoms with Crippen molar-refractivity contribution in [1.29, 1.82) is 0 Å². The van der Waals surface area contributed by atoms with Crippen LogP contribution in [-0.2, 0) is 20.8 Å². The molecule has 0 heterocycles. The number of nitrogens with one attached hydrogen (secondary N) is 1. The van der Waals surface area contributed by atoms with Crippen molar-refractivity contribution >= 4 is 17.8 Å². The Morgan fingerprint density at radius 3 is 2.46 bits per heavy atom. The van der Waals surface area contributed by atoms with Crippen LogP contribution in [0.3, 0.4) is 0 Å². The van der Waals surface area contributed by atoms with Crippen LogP contribution >= 0.6 is 0 Å². The molecule has 5 atom stereocenters. The first-order valence-corrected chi connectivity index (χ1v) is 14.7. The average molecular weight is 574 g/mol. The van der Waals surface area contributed by atoms with Crippen LogP contribution in [0.5, 0.6) is 11.5 Å². The number of allylic oxidation sites excluding steroid dienone is 2. The highest BCUT2D eigenvalue weighted by atomic mass is 16.6. The zero-order chi connectivity index (χ0) is 30.2. The van der Waals surface area contributed by atoms with E-state index in [9.17, 15) is 29.7 Å². The summed E-state index contributed by atoms with van der Waals surface area (Å²) in [6, 6.07) is 4.93. The van der Waals surface area contributed by atoms with Gasteiger partial charge in [0.25, 0.3) is 0 Å². The maximum atomic E-state index is 12.2. The SMILES string of the molecule is CCCCCC(O)C=C[C@@H]1[C@@H](CC=CCCCC(=O)NCCc2ccc(OC(C)=O)c(OC(C)=O)c2)[C@@H](O)C[C@H]1O. The van der Waals surface area contributed by atoms with Crippen LogP contribution in [0.1, 0.15) is 84.1 Å². The van der Waals surface area contributed by atoms with Gasteiger partial charge in [0.2, 0.25) is 5.91 Å². The Hall–Kier alpha value is -3.01. The Morgan fingerprint density at radius 2 is 1.76 bits per heavy atom. The molecule has 0 bridgehead atoms. The lowest BCUT2D eigenvalue weighted by atomic mass is 9.89. The largest absolute Gasteiger partial charge is 0.423 e. The molecule has 41 heavy (non-hydrogen) atoms. The molecule has 0 saturated heterocycles.